The van der Waals surface area contributed by atoms with Crippen molar-refractivity contribution < 1.29 is 18.6 Å². The fourth-order valence-electron chi connectivity index (χ4n) is 6.72. The van der Waals surface area contributed by atoms with Gasteiger partial charge in [0.15, 0.2) is 5.82 Å². The predicted octanol–water partition coefficient (Wildman–Crippen LogP) is 6.49. The first-order chi connectivity index (χ1) is 21.8. The van der Waals surface area contributed by atoms with Crippen molar-refractivity contribution in [3.8, 4) is 35.2 Å². The van der Waals surface area contributed by atoms with Crippen LogP contribution in [0.2, 0.25) is 0 Å². The van der Waals surface area contributed by atoms with Gasteiger partial charge in [0.1, 0.15) is 22.9 Å². The molecule has 2 N–H and O–H groups in total. The lowest BCUT2D eigenvalue weighted by Crippen LogP contribution is -2.49. The van der Waals surface area contributed by atoms with Crippen LogP contribution in [0.1, 0.15) is 52.0 Å². The third-order valence-corrected chi connectivity index (χ3v) is 9.12. The standard InChI is InChI=1S/C34H35F2N5O2.C2H6/c1-3-22-7-6-8-23-15-24(42)16-25(28(22)23)29-27(35)17-26-31(30(29)36)38-33(39-32(26)41-14-11-37-21(2)18-41)43-20-34(9-10-34)19-40-12-4-5-13-40;1-2/h1,6-8,15-17,21,37,42H,4-5,9-14,18-20H2,2H3;1-2H3. The summed E-state index contributed by atoms with van der Waals surface area (Å²) < 4.78 is 39.1. The minimum atomic E-state index is -0.844. The molecule has 236 valence electrons. The molecule has 1 unspecified atom stereocenters. The molecule has 2 aliphatic heterocycles. The average Bonchev–Trinajstić information content (AvgIpc) is 3.61. The van der Waals surface area contributed by atoms with Crippen LogP contribution in [0.4, 0.5) is 14.6 Å². The topological polar surface area (TPSA) is 73.8 Å². The van der Waals surface area contributed by atoms with E-state index in [-0.39, 0.29) is 45.2 Å². The minimum Gasteiger partial charge on any atom is -0.508 e. The van der Waals surface area contributed by atoms with Gasteiger partial charge in [0.05, 0.1) is 12.2 Å². The second-order valence-corrected chi connectivity index (χ2v) is 12.4. The van der Waals surface area contributed by atoms with Crippen molar-refractivity contribution >= 4 is 27.5 Å². The van der Waals surface area contributed by atoms with Crippen LogP contribution < -0.4 is 15.0 Å². The largest absolute Gasteiger partial charge is 0.508 e. The van der Waals surface area contributed by atoms with E-state index in [9.17, 15) is 5.11 Å². The monoisotopic (exact) mass is 613 g/mol. The van der Waals surface area contributed by atoms with E-state index >= 15 is 8.78 Å². The third-order valence-electron chi connectivity index (χ3n) is 9.12. The van der Waals surface area contributed by atoms with Crippen LogP contribution in [-0.2, 0) is 0 Å². The van der Waals surface area contributed by atoms with E-state index in [2.05, 4.69) is 28.0 Å². The number of halogens is 2. The summed E-state index contributed by atoms with van der Waals surface area (Å²) in [6.07, 6.45) is 10.4. The first kappa shape index (κ1) is 31.0. The van der Waals surface area contributed by atoms with Gasteiger partial charge in [-0.15, -0.1) is 6.42 Å². The Morgan fingerprint density at radius 3 is 2.60 bits per heavy atom. The number of aromatic hydroxyl groups is 1. The van der Waals surface area contributed by atoms with Crippen molar-refractivity contribution in [1.82, 2.24) is 20.2 Å². The van der Waals surface area contributed by atoms with E-state index < -0.39 is 11.6 Å². The van der Waals surface area contributed by atoms with Crippen LogP contribution in [0.3, 0.4) is 0 Å². The number of aromatic nitrogens is 2. The third kappa shape index (κ3) is 6.14. The Balaban J connectivity index is 0.00000175. The van der Waals surface area contributed by atoms with E-state index in [0.29, 0.717) is 41.9 Å². The van der Waals surface area contributed by atoms with E-state index in [0.717, 1.165) is 39.0 Å². The number of terminal acetylenes is 1. The molecule has 1 saturated carbocycles. The number of phenolic OH excluding ortho intramolecular Hbond substituents is 1. The second-order valence-electron chi connectivity index (χ2n) is 12.4. The molecule has 0 spiro atoms. The highest BCUT2D eigenvalue weighted by Crippen LogP contribution is 2.47. The van der Waals surface area contributed by atoms with Gasteiger partial charge in [-0.2, -0.15) is 9.97 Å². The smallest absolute Gasteiger partial charge is 0.319 e. The van der Waals surface area contributed by atoms with Crippen molar-refractivity contribution in [2.75, 3.05) is 50.8 Å². The molecule has 7 rings (SSSR count). The molecule has 4 aromatic rings. The van der Waals surface area contributed by atoms with Gasteiger partial charge >= 0.3 is 6.01 Å². The number of piperazine rings is 1. The van der Waals surface area contributed by atoms with Crippen LogP contribution in [0.15, 0.2) is 36.4 Å². The average molecular weight is 614 g/mol. The lowest BCUT2D eigenvalue weighted by molar-refractivity contribution is 0.170. The Morgan fingerprint density at radius 1 is 1.11 bits per heavy atom. The van der Waals surface area contributed by atoms with Crippen LogP contribution in [0.5, 0.6) is 11.8 Å². The van der Waals surface area contributed by atoms with Crippen LogP contribution in [0.25, 0.3) is 32.8 Å². The molecule has 0 radical (unpaired) electrons. The number of anilines is 1. The molecule has 45 heavy (non-hydrogen) atoms. The number of hydrogen-bond acceptors (Lipinski definition) is 7. The van der Waals surface area contributed by atoms with Gasteiger partial charge in [-0.3, -0.25) is 0 Å². The first-order valence-corrected chi connectivity index (χ1v) is 16.1. The summed E-state index contributed by atoms with van der Waals surface area (Å²) >= 11 is 0. The highest BCUT2D eigenvalue weighted by molar-refractivity contribution is 6.04. The Hall–Kier alpha value is -4.00. The second kappa shape index (κ2) is 12.8. The highest BCUT2D eigenvalue weighted by Gasteiger charge is 2.45. The van der Waals surface area contributed by atoms with E-state index in [1.165, 1.54) is 31.0 Å². The molecular formula is C36H41F2N5O2. The quantitative estimate of drug-likeness (QED) is 0.231. The van der Waals surface area contributed by atoms with Crippen LogP contribution in [-0.4, -0.2) is 71.9 Å². The number of nitrogens with zero attached hydrogens (tertiary/aromatic N) is 4. The van der Waals surface area contributed by atoms with Gasteiger partial charge in [0.2, 0.25) is 0 Å². The zero-order valence-corrected chi connectivity index (χ0v) is 26.3. The van der Waals surface area contributed by atoms with Crippen molar-refractivity contribution in [2.24, 2.45) is 5.41 Å². The lowest BCUT2D eigenvalue weighted by Gasteiger charge is -2.33. The summed E-state index contributed by atoms with van der Waals surface area (Å²) in [5, 5.41) is 15.3. The fourth-order valence-corrected chi connectivity index (χ4v) is 6.72. The summed E-state index contributed by atoms with van der Waals surface area (Å²) in [6, 6.07) is 9.66. The van der Waals surface area contributed by atoms with E-state index in [1.807, 2.05) is 18.7 Å². The van der Waals surface area contributed by atoms with Crippen LogP contribution >= 0.6 is 0 Å². The molecular weight excluding hydrogens is 572 g/mol. The molecule has 9 heteroatoms. The Bertz CT molecular complexity index is 1760. The summed E-state index contributed by atoms with van der Waals surface area (Å²) in [7, 11) is 0. The first-order valence-electron chi connectivity index (χ1n) is 16.1. The van der Waals surface area contributed by atoms with Crippen LogP contribution in [0, 0.1) is 29.4 Å². The molecule has 3 fully saturated rings. The van der Waals surface area contributed by atoms with Gasteiger partial charge in [0, 0.05) is 59.5 Å². The van der Waals surface area contributed by atoms with Gasteiger partial charge in [0.25, 0.3) is 0 Å². The Kier molecular flexibility index (Phi) is 8.80. The minimum absolute atomic E-state index is 0.0262. The SMILES string of the molecule is C#Cc1cccc2cc(O)cc(-c3c(F)cc4c(N5CCNC(C)C5)nc(OCC5(CN6CCCC6)CC5)nc4c3F)c12.CC. The zero-order valence-electron chi connectivity index (χ0n) is 26.3. The van der Waals surface area contributed by atoms with Crippen molar-refractivity contribution in [1.29, 1.82) is 0 Å². The van der Waals surface area contributed by atoms with E-state index in [1.54, 1.807) is 18.2 Å². The summed E-state index contributed by atoms with van der Waals surface area (Å²) in [5.74, 6) is 1.32. The number of rotatable bonds is 7. The molecule has 1 atom stereocenters. The number of phenols is 1. The summed E-state index contributed by atoms with van der Waals surface area (Å²) in [4.78, 5) is 13.8. The summed E-state index contributed by atoms with van der Waals surface area (Å²) in [5.41, 5.74) is 0.378. The number of likely N-dealkylation sites (tertiary alicyclic amines) is 1. The molecule has 1 aromatic heterocycles. The molecule has 7 nitrogen and oxygen atoms in total. The van der Waals surface area contributed by atoms with Gasteiger partial charge in [-0.1, -0.05) is 31.9 Å². The maximum absolute atomic E-state index is 16.7. The Morgan fingerprint density at radius 2 is 1.89 bits per heavy atom. The molecule has 1 aliphatic carbocycles. The molecule has 3 heterocycles. The fraction of sp³-hybridized carbons (Fsp3) is 0.444. The van der Waals surface area contributed by atoms with Gasteiger partial charge < -0.3 is 25.0 Å². The molecule has 0 amide bonds. The number of benzene rings is 3. The molecule has 3 aliphatic rings. The molecule has 2 saturated heterocycles. The number of ether oxygens (including phenoxy) is 1. The zero-order chi connectivity index (χ0) is 31.7. The Labute approximate surface area is 263 Å². The number of nitrogens with one attached hydrogen (secondary N) is 1. The number of hydrogen-bond donors (Lipinski definition) is 2. The maximum atomic E-state index is 16.7. The molecule has 0 bridgehead atoms. The van der Waals surface area contributed by atoms with Gasteiger partial charge in [-0.05, 0) is 75.3 Å². The van der Waals surface area contributed by atoms with Gasteiger partial charge in [-0.25, -0.2) is 8.78 Å². The predicted molar refractivity (Wildman–Crippen MR) is 176 cm³/mol. The lowest BCUT2D eigenvalue weighted by atomic mass is 9.93. The maximum Gasteiger partial charge on any atom is 0.319 e. The normalized spacial score (nSPS) is 19.3. The molecule has 3 aromatic carbocycles. The highest BCUT2D eigenvalue weighted by atomic mass is 19.1. The number of fused-ring (bicyclic) bond motifs is 2. The van der Waals surface area contributed by atoms with E-state index in [4.69, 9.17) is 16.1 Å². The van der Waals surface area contributed by atoms with Crippen molar-refractivity contribution in [3.63, 3.8) is 0 Å². The van der Waals surface area contributed by atoms with Crippen molar-refractivity contribution in [3.05, 3.63) is 53.6 Å². The van der Waals surface area contributed by atoms with Crippen molar-refractivity contribution in [2.45, 2.75) is 52.5 Å². The summed E-state index contributed by atoms with van der Waals surface area (Å²) in [6.45, 7) is 11.7.